The summed E-state index contributed by atoms with van der Waals surface area (Å²) >= 11 is 0. The van der Waals surface area contributed by atoms with E-state index in [4.69, 9.17) is 10.00 Å². The van der Waals surface area contributed by atoms with Crippen LogP contribution in [0.4, 0.5) is 0 Å². The minimum atomic E-state index is -0.316. The van der Waals surface area contributed by atoms with Crippen LogP contribution in [0.3, 0.4) is 0 Å². The summed E-state index contributed by atoms with van der Waals surface area (Å²) < 4.78 is 5.35. The van der Waals surface area contributed by atoms with Gasteiger partial charge in [0.25, 0.3) is 0 Å². The number of fused-ring (bicyclic) bond motifs is 2. The number of ether oxygens (including phenoxy) is 1. The van der Waals surface area contributed by atoms with E-state index in [-0.39, 0.29) is 23.9 Å². The summed E-state index contributed by atoms with van der Waals surface area (Å²) in [5, 5.41) is 8.94. The average molecular weight is 205 g/mol. The molecule has 0 radical (unpaired) electrons. The topological polar surface area (TPSA) is 50.1 Å². The van der Waals surface area contributed by atoms with E-state index in [1.165, 1.54) is 0 Å². The number of nitriles is 1. The lowest BCUT2D eigenvalue weighted by Gasteiger charge is -2.25. The van der Waals surface area contributed by atoms with E-state index in [1.807, 2.05) is 0 Å². The number of hydrogen-bond acceptors (Lipinski definition) is 3. The van der Waals surface area contributed by atoms with Crippen molar-refractivity contribution >= 4 is 5.97 Å². The lowest BCUT2D eigenvalue weighted by Crippen LogP contribution is -2.29. The first kappa shape index (κ1) is 10.2. The molecule has 2 aliphatic rings. The molecule has 2 saturated carbocycles. The smallest absolute Gasteiger partial charge is 0.333 e. The molecule has 2 aliphatic carbocycles. The molecule has 80 valence electrons. The Morgan fingerprint density at radius 3 is 2.73 bits per heavy atom. The molecule has 2 bridgehead atoms. The summed E-state index contributed by atoms with van der Waals surface area (Å²) in [7, 11) is 0. The molecule has 0 N–H and O–H groups in total. The van der Waals surface area contributed by atoms with E-state index in [9.17, 15) is 4.79 Å². The van der Waals surface area contributed by atoms with Gasteiger partial charge in [-0.05, 0) is 32.1 Å². The van der Waals surface area contributed by atoms with E-state index in [0.29, 0.717) is 11.5 Å². The number of esters is 1. The molecule has 0 aliphatic heterocycles. The normalized spacial score (nSPS) is 37.3. The molecule has 4 atom stereocenters. The highest BCUT2D eigenvalue weighted by Gasteiger charge is 2.48. The fraction of sp³-hybridized carbons (Fsp3) is 0.667. The number of carbonyl (C=O) groups excluding carboxylic acids is 1. The molecule has 0 heterocycles. The molecule has 0 aromatic heterocycles. The Hall–Kier alpha value is -1.30. The van der Waals surface area contributed by atoms with Gasteiger partial charge in [-0.1, -0.05) is 6.58 Å². The Morgan fingerprint density at radius 2 is 2.20 bits per heavy atom. The Bertz CT molecular complexity index is 342. The van der Waals surface area contributed by atoms with Gasteiger partial charge in [-0.15, -0.1) is 0 Å². The van der Waals surface area contributed by atoms with E-state index in [0.717, 1.165) is 19.3 Å². The molecule has 3 heteroatoms. The van der Waals surface area contributed by atoms with Crippen molar-refractivity contribution < 1.29 is 9.53 Å². The van der Waals surface area contributed by atoms with Crippen molar-refractivity contribution in [3.8, 4) is 6.07 Å². The zero-order valence-corrected chi connectivity index (χ0v) is 8.90. The van der Waals surface area contributed by atoms with E-state index < -0.39 is 0 Å². The zero-order chi connectivity index (χ0) is 11.0. The first-order valence-corrected chi connectivity index (χ1v) is 5.38. The second kappa shape index (κ2) is 3.69. The molecule has 15 heavy (non-hydrogen) atoms. The van der Waals surface area contributed by atoms with Crippen LogP contribution in [0.2, 0.25) is 0 Å². The van der Waals surface area contributed by atoms with Gasteiger partial charge in [-0.3, -0.25) is 0 Å². The van der Waals surface area contributed by atoms with E-state index in [1.54, 1.807) is 6.92 Å². The summed E-state index contributed by atoms with van der Waals surface area (Å²) in [6, 6.07) is 2.31. The van der Waals surface area contributed by atoms with Crippen molar-refractivity contribution in [3.05, 3.63) is 12.2 Å². The van der Waals surface area contributed by atoms with Gasteiger partial charge in [0.15, 0.2) is 0 Å². The lowest BCUT2D eigenvalue weighted by atomic mass is 9.88. The SMILES string of the molecule is C=C(C)C(=O)OC1CC2CC(C#N)C1C2. The van der Waals surface area contributed by atoms with Crippen molar-refractivity contribution in [2.45, 2.75) is 32.3 Å². The van der Waals surface area contributed by atoms with Gasteiger partial charge < -0.3 is 4.74 Å². The molecular weight excluding hydrogens is 190 g/mol. The van der Waals surface area contributed by atoms with Gasteiger partial charge in [0.05, 0.1) is 12.0 Å². The third-order valence-electron chi connectivity index (χ3n) is 3.53. The van der Waals surface area contributed by atoms with Crippen molar-refractivity contribution in [2.24, 2.45) is 17.8 Å². The lowest BCUT2D eigenvalue weighted by molar-refractivity contribution is -0.147. The van der Waals surface area contributed by atoms with Crippen LogP contribution < -0.4 is 0 Å². The Balaban J connectivity index is 1.99. The molecule has 2 fully saturated rings. The minimum Gasteiger partial charge on any atom is -0.459 e. The van der Waals surface area contributed by atoms with Crippen molar-refractivity contribution in [3.63, 3.8) is 0 Å². The van der Waals surface area contributed by atoms with Gasteiger partial charge in [0, 0.05) is 11.5 Å². The van der Waals surface area contributed by atoms with Crippen molar-refractivity contribution in [1.29, 1.82) is 5.26 Å². The van der Waals surface area contributed by atoms with Crippen LogP contribution >= 0.6 is 0 Å². The maximum atomic E-state index is 11.4. The van der Waals surface area contributed by atoms with Crippen LogP contribution in [0.5, 0.6) is 0 Å². The van der Waals surface area contributed by atoms with Crippen molar-refractivity contribution in [1.82, 2.24) is 0 Å². The van der Waals surface area contributed by atoms with Gasteiger partial charge in [-0.2, -0.15) is 5.26 Å². The van der Waals surface area contributed by atoms with Crippen LogP contribution in [0.15, 0.2) is 12.2 Å². The van der Waals surface area contributed by atoms with Crippen LogP contribution in [0.25, 0.3) is 0 Å². The molecule has 0 aromatic rings. The fourth-order valence-electron chi connectivity index (χ4n) is 2.81. The van der Waals surface area contributed by atoms with Crippen molar-refractivity contribution in [2.75, 3.05) is 0 Å². The zero-order valence-electron chi connectivity index (χ0n) is 8.90. The highest BCUT2D eigenvalue weighted by Crippen LogP contribution is 2.49. The maximum absolute atomic E-state index is 11.4. The number of rotatable bonds is 2. The van der Waals surface area contributed by atoms with Crippen LogP contribution in [-0.2, 0) is 9.53 Å². The summed E-state index contributed by atoms with van der Waals surface area (Å²) in [5.74, 6) is 0.627. The number of carbonyl (C=O) groups is 1. The first-order chi connectivity index (χ1) is 7.11. The molecule has 0 spiro atoms. The highest BCUT2D eigenvalue weighted by molar-refractivity contribution is 5.87. The van der Waals surface area contributed by atoms with Gasteiger partial charge in [0.1, 0.15) is 6.10 Å². The number of nitrogens with zero attached hydrogens (tertiary/aromatic N) is 1. The summed E-state index contributed by atoms with van der Waals surface area (Å²) in [6.45, 7) is 5.21. The van der Waals surface area contributed by atoms with Gasteiger partial charge >= 0.3 is 5.97 Å². The third-order valence-corrected chi connectivity index (χ3v) is 3.53. The summed E-state index contributed by atoms with van der Waals surface area (Å²) in [6.07, 6.45) is 2.92. The Labute approximate surface area is 89.7 Å². The molecule has 0 aromatic carbocycles. The molecule has 0 amide bonds. The molecule has 4 unspecified atom stereocenters. The van der Waals surface area contributed by atoms with Gasteiger partial charge in [-0.25, -0.2) is 4.79 Å². The van der Waals surface area contributed by atoms with Crippen LogP contribution in [-0.4, -0.2) is 12.1 Å². The summed E-state index contributed by atoms with van der Waals surface area (Å²) in [5.41, 5.74) is 0.436. The molecule has 3 nitrogen and oxygen atoms in total. The summed E-state index contributed by atoms with van der Waals surface area (Å²) in [4.78, 5) is 11.4. The molecule has 2 rings (SSSR count). The predicted octanol–water partition coefficient (Wildman–Crippen LogP) is 2.04. The largest absolute Gasteiger partial charge is 0.459 e. The fourth-order valence-corrected chi connectivity index (χ4v) is 2.81. The van der Waals surface area contributed by atoms with Crippen LogP contribution in [0.1, 0.15) is 26.2 Å². The first-order valence-electron chi connectivity index (χ1n) is 5.38. The van der Waals surface area contributed by atoms with Crippen LogP contribution in [0, 0.1) is 29.1 Å². The second-order valence-corrected chi connectivity index (χ2v) is 4.70. The maximum Gasteiger partial charge on any atom is 0.333 e. The van der Waals surface area contributed by atoms with E-state index in [2.05, 4.69) is 12.6 Å². The Morgan fingerprint density at radius 1 is 1.47 bits per heavy atom. The van der Waals surface area contributed by atoms with Gasteiger partial charge in [0.2, 0.25) is 0 Å². The minimum absolute atomic E-state index is 0.0439. The standard InChI is InChI=1S/C12H15NO2/c1-7(2)12(14)15-11-5-8-3-9(6-13)10(11)4-8/h8-11H,1,3-5H2,2H3. The Kier molecular flexibility index (Phi) is 2.52. The number of hydrogen-bond donors (Lipinski definition) is 0. The quantitative estimate of drug-likeness (QED) is 0.512. The molecular formula is C12H15NO2. The second-order valence-electron chi connectivity index (χ2n) is 4.70. The molecule has 0 saturated heterocycles. The highest BCUT2D eigenvalue weighted by atomic mass is 16.5. The average Bonchev–Trinajstić information content (AvgIpc) is 2.75. The third kappa shape index (κ3) is 1.77. The monoisotopic (exact) mass is 205 g/mol. The van der Waals surface area contributed by atoms with E-state index >= 15 is 0 Å². The predicted molar refractivity (Wildman–Crippen MR) is 54.6 cm³/mol.